The van der Waals surface area contributed by atoms with Crippen LogP contribution in [0.3, 0.4) is 0 Å². The minimum absolute atomic E-state index is 0.0396. The molecule has 0 saturated heterocycles. The summed E-state index contributed by atoms with van der Waals surface area (Å²) in [5.41, 5.74) is 2.81. The topological polar surface area (TPSA) is 46.9 Å². The lowest BCUT2D eigenvalue weighted by molar-refractivity contribution is -0.121. The maximum Gasteiger partial charge on any atom is 0.224 e. The molecule has 1 heterocycles. The van der Waals surface area contributed by atoms with E-state index in [9.17, 15) is 4.79 Å². The summed E-state index contributed by atoms with van der Waals surface area (Å²) in [4.78, 5) is 16.1. The second kappa shape index (κ2) is 4.44. The van der Waals surface area contributed by atoms with Crippen molar-refractivity contribution in [3.05, 3.63) is 30.1 Å². The Kier molecular flexibility index (Phi) is 3.11. The predicted octanol–water partition coefficient (Wildman–Crippen LogP) is 2.03. The molecule has 2 aromatic rings. The Balaban J connectivity index is 2.15. The normalized spacial score (nSPS) is 11.8. The van der Waals surface area contributed by atoms with Crippen LogP contribution in [0.15, 0.2) is 24.5 Å². The SMILES string of the molecule is Cn1cnc2cc(CC(=O)NC(C)(C)C)ccc21. The number of carbonyl (C=O) groups excluding carboxylic acids is 1. The van der Waals surface area contributed by atoms with E-state index in [1.54, 1.807) is 6.33 Å². The molecule has 4 nitrogen and oxygen atoms in total. The van der Waals surface area contributed by atoms with Gasteiger partial charge in [-0.25, -0.2) is 4.98 Å². The van der Waals surface area contributed by atoms with Crippen molar-refractivity contribution in [3.8, 4) is 0 Å². The highest BCUT2D eigenvalue weighted by Gasteiger charge is 2.14. The minimum Gasteiger partial charge on any atom is -0.351 e. The molecule has 2 rings (SSSR count). The second-order valence-electron chi connectivity index (χ2n) is 5.65. The van der Waals surface area contributed by atoms with Gasteiger partial charge in [0.25, 0.3) is 0 Å². The molecular weight excluding hydrogens is 226 g/mol. The molecule has 0 atom stereocenters. The maximum atomic E-state index is 11.8. The van der Waals surface area contributed by atoms with Gasteiger partial charge in [-0.2, -0.15) is 0 Å². The summed E-state index contributed by atoms with van der Waals surface area (Å²) < 4.78 is 1.97. The third-order valence-electron chi connectivity index (χ3n) is 2.67. The molecule has 0 saturated carbocycles. The zero-order valence-electron chi connectivity index (χ0n) is 11.3. The van der Waals surface area contributed by atoms with Crippen LogP contribution in [0.25, 0.3) is 11.0 Å². The van der Waals surface area contributed by atoms with Gasteiger partial charge in [0.2, 0.25) is 5.91 Å². The molecule has 0 spiro atoms. The van der Waals surface area contributed by atoms with E-state index in [1.165, 1.54) is 0 Å². The number of amides is 1. The van der Waals surface area contributed by atoms with Crippen molar-refractivity contribution in [3.63, 3.8) is 0 Å². The van der Waals surface area contributed by atoms with Gasteiger partial charge in [0.1, 0.15) is 0 Å². The predicted molar refractivity (Wildman–Crippen MR) is 72.3 cm³/mol. The third kappa shape index (κ3) is 2.88. The Morgan fingerprint density at radius 1 is 1.39 bits per heavy atom. The molecule has 0 aliphatic carbocycles. The number of nitrogens with zero attached hydrogens (tertiary/aromatic N) is 2. The smallest absolute Gasteiger partial charge is 0.224 e. The van der Waals surface area contributed by atoms with E-state index in [2.05, 4.69) is 10.3 Å². The van der Waals surface area contributed by atoms with Gasteiger partial charge in [0.05, 0.1) is 23.8 Å². The van der Waals surface area contributed by atoms with Crippen LogP contribution < -0.4 is 5.32 Å². The zero-order chi connectivity index (χ0) is 13.3. The minimum atomic E-state index is -0.188. The van der Waals surface area contributed by atoms with Crippen LogP contribution in [0.2, 0.25) is 0 Å². The van der Waals surface area contributed by atoms with Crippen LogP contribution in [-0.2, 0) is 18.3 Å². The van der Waals surface area contributed by atoms with E-state index in [-0.39, 0.29) is 11.4 Å². The van der Waals surface area contributed by atoms with Gasteiger partial charge >= 0.3 is 0 Å². The van der Waals surface area contributed by atoms with Crippen molar-refractivity contribution in [2.75, 3.05) is 0 Å². The van der Waals surface area contributed by atoms with E-state index < -0.39 is 0 Å². The highest BCUT2D eigenvalue weighted by Crippen LogP contribution is 2.14. The summed E-state index contributed by atoms with van der Waals surface area (Å²) in [6.07, 6.45) is 2.17. The number of nitrogens with one attached hydrogen (secondary N) is 1. The van der Waals surface area contributed by atoms with Crippen molar-refractivity contribution >= 4 is 16.9 Å². The van der Waals surface area contributed by atoms with Gasteiger partial charge in [-0.3, -0.25) is 4.79 Å². The third-order valence-corrected chi connectivity index (χ3v) is 2.67. The molecule has 0 aliphatic rings. The summed E-state index contributed by atoms with van der Waals surface area (Å²) in [7, 11) is 1.96. The fourth-order valence-corrected chi connectivity index (χ4v) is 1.94. The first kappa shape index (κ1) is 12.6. The zero-order valence-corrected chi connectivity index (χ0v) is 11.3. The Morgan fingerprint density at radius 2 is 2.11 bits per heavy atom. The quantitative estimate of drug-likeness (QED) is 0.880. The monoisotopic (exact) mass is 245 g/mol. The first-order valence-electron chi connectivity index (χ1n) is 6.06. The molecule has 0 bridgehead atoms. The Morgan fingerprint density at radius 3 is 2.78 bits per heavy atom. The lowest BCUT2D eigenvalue weighted by Gasteiger charge is -2.20. The van der Waals surface area contributed by atoms with Crippen LogP contribution >= 0.6 is 0 Å². The summed E-state index contributed by atoms with van der Waals surface area (Å²) >= 11 is 0. The van der Waals surface area contributed by atoms with E-state index in [0.29, 0.717) is 6.42 Å². The molecule has 4 heteroatoms. The van der Waals surface area contributed by atoms with Crippen LogP contribution in [0.5, 0.6) is 0 Å². The highest BCUT2D eigenvalue weighted by atomic mass is 16.1. The van der Waals surface area contributed by atoms with Crippen molar-refractivity contribution in [1.29, 1.82) is 0 Å². The number of aromatic nitrogens is 2. The second-order valence-corrected chi connectivity index (χ2v) is 5.65. The van der Waals surface area contributed by atoms with E-state index in [4.69, 9.17) is 0 Å². The summed E-state index contributed by atoms with van der Waals surface area (Å²) in [6.45, 7) is 5.94. The Hall–Kier alpha value is -1.84. The molecule has 1 N–H and O–H groups in total. The Bertz CT molecular complexity index is 578. The molecule has 0 radical (unpaired) electrons. The molecule has 0 aliphatic heterocycles. The van der Waals surface area contributed by atoms with Gasteiger partial charge in [0, 0.05) is 12.6 Å². The first-order valence-corrected chi connectivity index (χ1v) is 6.06. The van der Waals surface area contributed by atoms with Gasteiger partial charge in [-0.1, -0.05) is 6.07 Å². The number of hydrogen-bond donors (Lipinski definition) is 1. The number of fused-ring (bicyclic) bond motifs is 1. The van der Waals surface area contributed by atoms with Crippen LogP contribution in [0.4, 0.5) is 0 Å². The number of aryl methyl sites for hydroxylation is 1. The lowest BCUT2D eigenvalue weighted by atomic mass is 10.1. The van der Waals surface area contributed by atoms with Gasteiger partial charge in [0.15, 0.2) is 0 Å². The average molecular weight is 245 g/mol. The summed E-state index contributed by atoms with van der Waals surface area (Å²) in [5, 5.41) is 2.96. The number of hydrogen-bond acceptors (Lipinski definition) is 2. The van der Waals surface area contributed by atoms with Crippen molar-refractivity contribution in [2.24, 2.45) is 7.05 Å². The lowest BCUT2D eigenvalue weighted by Crippen LogP contribution is -2.41. The molecule has 18 heavy (non-hydrogen) atoms. The molecule has 1 amide bonds. The first-order chi connectivity index (χ1) is 8.35. The average Bonchev–Trinajstić information content (AvgIpc) is 2.57. The van der Waals surface area contributed by atoms with E-state index >= 15 is 0 Å². The molecule has 0 unspecified atom stereocenters. The summed E-state index contributed by atoms with van der Waals surface area (Å²) in [6, 6.07) is 5.95. The maximum absolute atomic E-state index is 11.8. The fourth-order valence-electron chi connectivity index (χ4n) is 1.94. The van der Waals surface area contributed by atoms with E-state index in [1.807, 2.05) is 50.6 Å². The highest BCUT2D eigenvalue weighted by molar-refractivity contribution is 5.82. The number of imidazole rings is 1. The summed E-state index contributed by atoms with van der Waals surface area (Å²) in [5.74, 6) is 0.0396. The van der Waals surface area contributed by atoms with Crippen LogP contribution in [-0.4, -0.2) is 21.0 Å². The largest absolute Gasteiger partial charge is 0.351 e. The van der Waals surface area contributed by atoms with E-state index in [0.717, 1.165) is 16.6 Å². The Labute approximate surface area is 107 Å². The van der Waals surface area contributed by atoms with Gasteiger partial charge in [-0.15, -0.1) is 0 Å². The van der Waals surface area contributed by atoms with Crippen LogP contribution in [0.1, 0.15) is 26.3 Å². The van der Waals surface area contributed by atoms with Crippen molar-refractivity contribution < 1.29 is 4.79 Å². The fraction of sp³-hybridized carbons (Fsp3) is 0.429. The van der Waals surface area contributed by atoms with Gasteiger partial charge < -0.3 is 9.88 Å². The molecule has 96 valence electrons. The number of benzene rings is 1. The molecule has 0 fully saturated rings. The molecule has 1 aromatic heterocycles. The van der Waals surface area contributed by atoms with Gasteiger partial charge in [-0.05, 0) is 38.5 Å². The number of carbonyl (C=O) groups is 1. The van der Waals surface area contributed by atoms with Crippen molar-refractivity contribution in [1.82, 2.24) is 14.9 Å². The van der Waals surface area contributed by atoms with Crippen molar-refractivity contribution in [2.45, 2.75) is 32.7 Å². The number of rotatable bonds is 2. The van der Waals surface area contributed by atoms with Crippen LogP contribution in [0, 0.1) is 0 Å². The molecule has 1 aromatic carbocycles. The molecular formula is C14H19N3O. The standard InChI is InChI=1S/C14H19N3O/c1-14(2,3)16-13(18)8-10-5-6-12-11(7-10)15-9-17(12)4/h5-7,9H,8H2,1-4H3,(H,16,18).